The van der Waals surface area contributed by atoms with Crippen LogP contribution in [0, 0.1) is 6.07 Å². The fraction of sp³-hybridized carbons (Fsp3) is 0.500. The Kier molecular flexibility index (Phi) is 1.71. The van der Waals surface area contributed by atoms with E-state index in [-0.39, 0.29) is 0 Å². The molecule has 1 fully saturated rings. The molecule has 1 N–H and O–H groups in total. The van der Waals surface area contributed by atoms with E-state index in [1.165, 1.54) is 19.3 Å². The average Bonchev–Trinajstić information content (AvgIpc) is 1.99. The monoisotopic (exact) mass is 148 g/mol. The van der Waals surface area contributed by atoms with E-state index >= 15 is 0 Å². The summed E-state index contributed by atoms with van der Waals surface area (Å²) in [6.07, 6.45) is 7.10. The van der Waals surface area contributed by atoms with Gasteiger partial charge in [-0.05, 0) is 19.3 Å². The van der Waals surface area contributed by atoms with E-state index in [1.54, 1.807) is 12.4 Å². The summed E-state index contributed by atoms with van der Waals surface area (Å²) < 4.78 is 0. The topological polar surface area (TPSA) is 37.8 Å². The predicted molar refractivity (Wildman–Crippen MR) is 42.1 cm³/mol. The van der Waals surface area contributed by atoms with Gasteiger partial charge in [-0.25, -0.2) is 9.97 Å². The van der Waals surface area contributed by atoms with Crippen LogP contribution in [0.25, 0.3) is 0 Å². The van der Waals surface area contributed by atoms with Crippen molar-refractivity contribution in [1.82, 2.24) is 9.97 Å². The first-order chi connectivity index (χ1) is 5.45. The third-order valence-corrected chi connectivity index (χ3v) is 1.96. The van der Waals surface area contributed by atoms with Crippen molar-refractivity contribution < 1.29 is 0 Å². The largest absolute Gasteiger partial charge is 0.351 e. The number of nitrogens with one attached hydrogen (secondary N) is 1. The summed E-state index contributed by atoms with van der Waals surface area (Å²) in [6.45, 7) is 0. The molecular formula is C8H10N3. The van der Waals surface area contributed by atoms with Crippen LogP contribution in [0.3, 0.4) is 0 Å². The molecule has 0 aromatic carbocycles. The molecule has 1 saturated carbocycles. The average molecular weight is 148 g/mol. The Labute approximate surface area is 65.9 Å². The molecule has 0 spiro atoms. The Hall–Kier alpha value is -1.12. The maximum Gasteiger partial charge on any atom is 0.222 e. The van der Waals surface area contributed by atoms with E-state index in [4.69, 9.17) is 0 Å². The lowest BCUT2D eigenvalue weighted by Gasteiger charge is -2.25. The minimum absolute atomic E-state index is 0.609. The van der Waals surface area contributed by atoms with Crippen molar-refractivity contribution in [2.75, 3.05) is 5.32 Å². The lowest BCUT2D eigenvalue weighted by atomic mass is 9.93. The molecule has 11 heavy (non-hydrogen) atoms. The molecule has 1 radical (unpaired) electrons. The van der Waals surface area contributed by atoms with Gasteiger partial charge in [0.15, 0.2) is 0 Å². The van der Waals surface area contributed by atoms with Crippen LogP contribution >= 0.6 is 0 Å². The van der Waals surface area contributed by atoms with Gasteiger partial charge in [-0.3, -0.25) is 0 Å². The number of nitrogens with zero attached hydrogens (tertiary/aromatic N) is 2. The highest BCUT2D eigenvalue weighted by atomic mass is 15.1. The highest BCUT2D eigenvalue weighted by Gasteiger charge is 2.17. The molecule has 0 saturated heterocycles. The molecule has 0 amide bonds. The molecule has 0 bridgehead atoms. The molecule has 1 aliphatic rings. The molecule has 3 nitrogen and oxygen atoms in total. The summed E-state index contributed by atoms with van der Waals surface area (Å²) in [7, 11) is 0. The van der Waals surface area contributed by atoms with Crippen LogP contribution in [0.4, 0.5) is 5.95 Å². The Morgan fingerprint density at radius 3 is 2.64 bits per heavy atom. The van der Waals surface area contributed by atoms with Crippen LogP contribution in [0.2, 0.25) is 0 Å². The van der Waals surface area contributed by atoms with Crippen LogP contribution in [-0.2, 0) is 0 Å². The first-order valence-electron chi connectivity index (χ1n) is 3.90. The van der Waals surface area contributed by atoms with Crippen molar-refractivity contribution in [3.05, 3.63) is 18.5 Å². The number of rotatable bonds is 2. The Bertz CT molecular complexity index is 218. The Morgan fingerprint density at radius 1 is 1.36 bits per heavy atom. The molecule has 1 aromatic heterocycles. The molecule has 3 heteroatoms. The summed E-state index contributed by atoms with van der Waals surface area (Å²) in [5.74, 6) is 0.730. The second kappa shape index (κ2) is 2.86. The number of hydrogen-bond donors (Lipinski definition) is 1. The van der Waals surface area contributed by atoms with Gasteiger partial charge in [0.25, 0.3) is 0 Å². The summed E-state index contributed by atoms with van der Waals surface area (Å²) in [5.41, 5.74) is 0. The van der Waals surface area contributed by atoms with Crippen LogP contribution < -0.4 is 5.32 Å². The van der Waals surface area contributed by atoms with Gasteiger partial charge < -0.3 is 5.32 Å². The predicted octanol–water partition coefficient (Wildman–Crippen LogP) is 1.24. The molecule has 1 aromatic rings. The minimum atomic E-state index is 0.609. The van der Waals surface area contributed by atoms with Crippen LogP contribution in [0.5, 0.6) is 0 Å². The number of aromatic nitrogens is 2. The quantitative estimate of drug-likeness (QED) is 0.685. The third kappa shape index (κ3) is 1.48. The van der Waals surface area contributed by atoms with Gasteiger partial charge in [0, 0.05) is 24.5 Å². The summed E-state index contributed by atoms with van der Waals surface area (Å²) in [5, 5.41) is 3.24. The van der Waals surface area contributed by atoms with Gasteiger partial charge in [-0.15, -0.1) is 0 Å². The van der Waals surface area contributed by atoms with E-state index in [2.05, 4.69) is 21.4 Å². The standard InChI is InChI=1S/C8H10N3/c1-3-7(4-1)11-8-9-5-2-6-10-8/h5-7H,1,3-4H2,(H,9,10,11). The molecular weight excluding hydrogens is 138 g/mol. The van der Waals surface area contributed by atoms with Crippen molar-refractivity contribution in [2.24, 2.45) is 0 Å². The van der Waals surface area contributed by atoms with Crippen molar-refractivity contribution in [1.29, 1.82) is 0 Å². The summed E-state index contributed by atoms with van der Waals surface area (Å²) in [4.78, 5) is 8.05. The molecule has 0 atom stereocenters. The maximum atomic E-state index is 4.02. The van der Waals surface area contributed by atoms with Crippen LogP contribution in [-0.4, -0.2) is 16.0 Å². The molecule has 1 heterocycles. The zero-order chi connectivity index (χ0) is 7.52. The van der Waals surface area contributed by atoms with Crippen molar-refractivity contribution in [3.8, 4) is 0 Å². The minimum Gasteiger partial charge on any atom is -0.351 e. The maximum absolute atomic E-state index is 4.02. The summed E-state index contributed by atoms with van der Waals surface area (Å²) >= 11 is 0. The highest BCUT2D eigenvalue weighted by Crippen LogP contribution is 2.20. The van der Waals surface area contributed by atoms with E-state index in [9.17, 15) is 0 Å². The van der Waals surface area contributed by atoms with Crippen molar-refractivity contribution in [3.63, 3.8) is 0 Å². The molecule has 1 aliphatic carbocycles. The van der Waals surface area contributed by atoms with Gasteiger partial charge in [-0.1, -0.05) is 0 Å². The lowest BCUT2D eigenvalue weighted by Crippen LogP contribution is -2.27. The van der Waals surface area contributed by atoms with E-state index in [1.807, 2.05) is 0 Å². The fourth-order valence-electron chi connectivity index (χ4n) is 1.07. The lowest BCUT2D eigenvalue weighted by molar-refractivity contribution is 0.443. The molecule has 0 aliphatic heterocycles. The number of anilines is 1. The third-order valence-electron chi connectivity index (χ3n) is 1.96. The fourth-order valence-corrected chi connectivity index (χ4v) is 1.07. The molecule has 57 valence electrons. The summed E-state index contributed by atoms with van der Waals surface area (Å²) in [6, 6.07) is 3.39. The Balaban J connectivity index is 1.95. The van der Waals surface area contributed by atoms with Gasteiger partial charge >= 0.3 is 0 Å². The van der Waals surface area contributed by atoms with Crippen LogP contribution in [0.15, 0.2) is 12.4 Å². The first-order valence-corrected chi connectivity index (χ1v) is 3.90. The van der Waals surface area contributed by atoms with Crippen molar-refractivity contribution >= 4 is 5.95 Å². The van der Waals surface area contributed by atoms with Crippen molar-refractivity contribution in [2.45, 2.75) is 25.3 Å². The second-order valence-electron chi connectivity index (χ2n) is 2.78. The molecule has 2 rings (SSSR count). The van der Waals surface area contributed by atoms with E-state index in [0.717, 1.165) is 5.95 Å². The second-order valence-corrected chi connectivity index (χ2v) is 2.78. The van der Waals surface area contributed by atoms with Crippen LogP contribution in [0.1, 0.15) is 19.3 Å². The molecule has 0 unspecified atom stereocenters. The van der Waals surface area contributed by atoms with E-state index in [0.29, 0.717) is 6.04 Å². The van der Waals surface area contributed by atoms with Gasteiger partial charge in [-0.2, -0.15) is 0 Å². The Morgan fingerprint density at radius 2 is 2.09 bits per heavy atom. The normalized spacial score (nSPS) is 17.5. The smallest absolute Gasteiger partial charge is 0.222 e. The zero-order valence-electron chi connectivity index (χ0n) is 6.25. The number of hydrogen-bond acceptors (Lipinski definition) is 3. The SMILES string of the molecule is [c]1cnc(NC2CCC2)nc1. The zero-order valence-corrected chi connectivity index (χ0v) is 6.25. The first kappa shape index (κ1) is 6.58. The van der Waals surface area contributed by atoms with Gasteiger partial charge in [0.05, 0.1) is 0 Å². The van der Waals surface area contributed by atoms with Gasteiger partial charge in [0.2, 0.25) is 5.95 Å². The highest BCUT2D eigenvalue weighted by molar-refractivity contribution is 5.24. The van der Waals surface area contributed by atoms with E-state index < -0.39 is 0 Å². The van der Waals surface area contributed by atoms with Gasteiger partial charge in [0.1, 0.15) is 0 Å².